The van der Waals surface area contributed by atoms with Gasteiger partial charge in [0.2, 0.25) is 0 Å². The molecule has 0 bridgehead atoms. The lowest BCUT2D eigenvalue weighted by Crippen LogP contribution is -2.51. The Bertz CT molecular complexity index is 1280. The average Bonchev–Trinajstić information content (AvgIpc) is 3.25. The zero-order chi connectivity index (χ0) is 26.7. The molecular weight excluding hydrogens is 472 g/mol. The predicted octanol–water partition coefficient (Wildman–Crippen LogP) is 7.95. The zero-order valence-electron chi connectivity index (χ0n) is 23.4. The van der Waals surface area contributed by atoms with Crippen LogP contribution in [0.5, 0.6) is 0 Å². The fourth-order valence-electron chi connectivity index (χ4n) is 9.17. The maximum atomic E-state index is 13.7. The topological polar surface area (TPSA) is 52.6 Å². The Kier molecular flexibility index (Phi) is 6.44. The van der Waals surface area contributed by atoms with Gasteiger partial charge in [-0.3, -0.25) is 9.59 Å². The summed E-state index contributed by atoms with van der Waals surface area (Å²) in [5.74, 6) is 1.71. The third-order valence-electron chi connectivity index (χ3n) is 11.2. The number of benzene rings is 2. The summed E-state index contributed by atoms with van der Waals surface area (Å²) in [6.07, 6.45) is 10.6. The van der Waals surface area contributed by atoms with Crippen molar-refractivity contribution in [3.63, 3.8) is 0 Å². The van der Waals surface area contributed by atoms with Gasteiger partial charge in [-0.15, -0.1) is 0 Å². The van der Waals surface area contributed by atoms with Gasteiger partial charge in [0.15, 0.2) is 0 Å². The van der Waals surface area contributed by atoms with E-state index < -0.39 is 0 Å². The van der Waals surface area contributed by atoms with Gasteiger partial charge in [-0.25, -0.2) is 0 Å². The molecule has 6 rings (SSSR count). The highest BCUT2D eigenvalue weighted by Gasteiger charge is 2.60. The highest BCUT2D eigenvalue weighted by atomic mass is 16.5. The minimum Gasteiger partial charge on any atom is -0.458 e. The van der Waals surface area contributed by atoms with Crippen molar-refractivity contribution in [3.05, 3.63) is 59.7 Å². The Hall–Kier alpha value is -2.62. The lowest BCUT2D eigenvalue weighted by molar-refractivity contribution is -0.161. The predicted molar refractivity (Wildman–Crippen MR) is 149 cm³/mol. The normalized spacial score (nSPS) is 36.8. The third-order valence-corrected chi connectivity index (χ3v) is 11.2. The molecule has 4 heteroatoms. The first-order valence-electron chi connectivity index (χ1n) is 14.8. The molecule has 8 atom stereocenters. The van der Waals surface area contributed by atoms with Gasteiger partial charge in [0, 0.05) is 6.92 Å². The van der Waals surface area contributed by atoms with Gasteiger partial charge in [-0.2, -0.15) is 0 Å². The van der Waals surface area contributed by atoms with Crippen LogP contribution in [0.1, 0.15) is 90.7 Å². The molecule has 0 N–H and O–H groups in total. The minimum absolute atomic E-state index is 0.00129. The minimum atomic E-state index is -0.250. The van der Waals surface area contributed by atoms with Gasteiger partial charge in [-0.1, -0.05) is 55.8 Å². The summed E-state index contributed by atoms with van der Waals surface area (Å²) in [4.78, 5) is 25.2. The molecule has 0 aliphatic heterocycles. The number of carbonyl (C=O) groups excluding carboxylic acids is 2. The summed E-state index contributed by atoms with van der Waals surface area (Å²) in [7, 11) is 0. The Morgan fingerprint density at radius 3 is 2.50 bits per heavy atom. The van der Waals surface area contributed by atoms with Gasteiger partial charge < -0.3 is 9.47 Å². The van der Waals surface area contributed by atoms with Crippen molar-refractivity contribution in [3.8, 4) is 0 Å². The fourth-order valence-corrected chi connectivity index (χ4v) is 9.17. The second-order valence-electron chi connectivity index (χ2n) is 13.1. The van der Waals surface area contributed by atoms with E-state index in [1.807, 2.05) is 6.92 Å². The van der Waals surface area contributed by atoms with Gasteiger partial charge in [-0.05, 0) is 115 Å². The number of carbonyl (C=O) groups is 2. The second kappa shape index (κ2) is 9.54. The highest BCUT2D eigenvalue weighted by molar-refractivity contribution is 5.83. The van der Waals surface area contributed by atoms with E-state index in [2.05, 4.69) is 62.4 Å². The average molecular weight is 515 g/mol. The molecule has 4 aliphatic carbocycles. The molecule has 2 aromatic carbocycles. The number of allylic oxidation sites excluding steroid dienone is 1. The second-order valence-corrected chi connectivity index (χ2v) is 13.1. The van der Waals surface area contributed by atoms with Crippen molar-refractivity contribution in [1.82, 2.24) is 0 Å². The lowest BCUT2D eigenvalue weighted by atomic mass is 9.47. The summed E-state index contributed by atoms with van der Waals surface area (Å²) in [5.41, 5.74) is 2.79. The number of hydrogen-bond donors (Lipinski definition) is 0. The van der Waals surface area contributed by atoms with Crippen LogP contribution in [0.3, 0.4) is 0 Å². The van der Waals surface area contributed by atoms with Crippen molar-refractivity contribution < 1.29 is 19.1 Å². The number of esters is 2. The van der Waals surface area contributed by atoms with Crippen LogP contribution in [-0.4, -0.2) is 18.0 Å². The van der Waals surface area contributed by atoms with Gasteiger partial charge >= 0.3 is 11.9 Å². The van der Waals surface area contributed by atoms with Gasteiger partial charge in [0.1, 0.15) is 12.2 Å². The molecule has 0 spiro atoms. The maximum Gasteiger partial charge on any atom is 0.310 e. The molecule has 4 nitrogen and oxygen atoms in total. The smallest absolute Gasteiger partial charge is 0.310 e. The van der Waals surface area contributed by atoms with E-state index in [4.69, 9.17) is 9.47 Å². The summed E-state index contributed by atoms with van der Waals surface area (Å²) in [5, 5.41) is 2.39. The van der Waals surface area contributed by atoms with Crippen molar-refractivity contribution in [2.45, 2.75) is 91.3 Å². The molecular formula is C34H42O4. The Labute approximate surface area is 227 Å². The number of hydrogen-bond acceptors (Lipinski definition) is 4. The van der Waals surface area contributed by atoms with Crippen LogP contribution in [0.4, 0.5) is 0 Å². The van der Waals surface area contributed by atoms with Crippen molar-refractivity contribution in [2.75, 3.05) is 0 Å². The lowest BCUT2D eigenvalue weighted by Gasteiger charge is -2.58. The Morgan fingerprint density at radius 2 is 1.71 bits per heavy atom. The molecule has 3 fully saturated rings. The van der Waals surface area contributed by atoms with Crippen LogP contribution in [0.25, 0.3) is 10.8 Å². The monoisotopic (exact) mass is 514 g/mol. The van der Waals surface area contributed by atoms with Crippen LogP contribution in [0.15, 0.2) is 54.1 Å². The van der Waals surface area contributed by atoms with Crippen molar-refractivity contribution in [2.24, 2.45) is 34.5 Å². The number of fused-ring (bicyclic) bond motifs is 6. The number of rotatable bonds is 4. The Morgan fingerprint density at radius 1 is 0.921 bits per heavy atom. The first kappa shape index (κ1) is 25.6. The van der Waals surface area contributed by atoms with Crippen LogP contribution >= 0.6 is 0 Å². The largest absolute Gasteiger partial charge is 0.458 e. The van der Waals surface area contributed by atoms with E-state index in [9.17, 15) is 9.59 Å². The SMILES string of the molecule is CC(=O)O[C@@H]1C=C2CC[C@H]3[C@@H]4CC[C@H](C(=O)O[C@H](C)c5ccc6ccccc6c5)[C@@]4(C)CC[C@@H]3[C@@]2(C)CC1. The third kappa shape index (κ3) is 4.19. The van der Waals surface area contributed by atoms with E-state index in [0.717, 1.165) is 44.1 Å². The molecule has 0 aromatic heterocycles. The van der Waals surface area contributed by atoms with Crippen LogP contribution in [-0.2, 0) is 19.1 Å². The van der Waals surface area contributed by atoms with E-state index in [1.165, 1.54) is 36.1 Å². The van der Waals surface area contributed by atoms with Gasteiger partial charge in [0.05, 0.1) is 5.92 Å². The molecule has 202 valence electrons. The van der Waals surface area contributed by atoms with E-state index in [1.54, 1.807) is 0 Å². The van der Waals surface area contributed by atoms with E-state index in [-0.39, 0.29) is 40.9 Å². The van der Waals surface area contributed by atoms with Crippen molar-refractivity contribution in [1.29, 1.82) is 0 Å². The summed E-state index contributed by atoms with van der Waals surface area (Å²) < 4.78 is 11.7. The van der Waals surface area contributed by atoms with Crippen LogP contribution < -0.4 is 0 Å². The molecule has 0 heterocycles. The molecule has 0 unspecified atom stereocenters. The molecule has 0 saturated heterocycles. The van der Waals surface area contributed by atoms with Gasteiger partial charge in [0.25, 0.3) is 0 Å². The fraction of sp³-hybridized carbons (Fsp3) is 0.588. The quantitative estimate of drug-likeness (QED) is 0.307. The zero-order valence-corrected chi connectivity index (χ0v) is 23.4. The molecule has 2 aromatic rings. The Balaban J connectivity index is 1.17. The van der Waals surface area contributed by atoms with Crippen LogP contribution in [0, 0.1) is 34.5 Å². The molecule has 0 radical (unpaired) electrons. The molecule has 0 amide bonds. The number of ether oxygens (including phenoxy) is 2. The maximum absolute atomic E-state index is 13.7. The highest BCUT2D eigenvalue weighted by Crippen LogP contribution is 2.67. The summed E-state index contributed by atoms with van der Waals surface area (Å²) >= 11 is 0. The van der Waals surface area contributed by atoms with Crippen LogP contribution in [0.2, 0.25) is 0 Å². The summed E-state index contributed by atoms with van der Waals surface area (Å²) in [6, 6.07) is 14.7. The van der Waals surface area contributed by atoms with E-state index in [0.29, 0.717) is 17.8 Å². The van der Waals surface area contributed by atoms with E-state index >= 15 is 0 Å². The van der Waals surface area contributed by atoms with Crippen molar-refractivity contribution >= 4 is 22.7 Å². The first-order chi connectivity index (χ1) is 18.2. The first-order valence-corrected chi connectivity index (χ1v) is 14.8. The summed E-state index contributed by atoms with van der Waals surface area (Å²) in [6.45, 7) is 8.37. The molecule has 3 saturated carbocycles. The molecule has 4 aliphatic rings. The standard InChI is InChI=1S/C34H42O4/c1-21(24-10-9-23-7-5-6-8-25(23)19-24)37-32(36)31-14-13-29-28-12-11-26-20-27(38-22(2)35)15-17-33(26,3)30(28)16-18-34(29,31)4/h5-10,19-21,27-31H,11-18H2,1-4H3/t21-,27+,28+,29+,30+,31-,33+,34+/m1/s1. The molecule has 38 heavy (non-hydrogen) atoms.